The van der Waals surface area contributed by atoms with E-state index >= 15 is 0 Å². The van der Waals surface area contributed by atoms with Crippen LogP contribution in [0.15, 0.2) is 26.9 Å². The van der Waals surface area contributed by atoms with E-state index in [1.807, 2.05) is 32.2 Å². The number of hydrogen-bond donors (Lipinski definition) is 2. The minimum absolute atomic E-state index is 0. The zero-order valence-electron chi connectivity index (χ0n) is 19.5. The van der Waals surface area contributed by atoms with Gasteiger partial charge in [-0.3, -0.25) is 9.89 Å². The molecule has 4 rings (SSSR count). The first-order valence-corrected chi connectivity index (χ1v) is 12.4. The van der Waals surface area contributed by atoms with Crippen LogP contribution < -0.4 is 15.5 Å². The fourth-order valence-corrected chi connectivity index (χ4v) is 5.26. The van der Waals surface area contributed by atoms with Gasteiger partial charge >= 0.3 is 0 Å². The second-order valence-electron chi connectivity index (χ2n) is 8.78. The Morgan fingerprint density at radius 1 is 1.19 bits per heavy atom. The summed E-state index contributed by atoms with van der Waals surface area (Å²) in [7, 11) is 1.87. The monoisotopic (exact) mass is 572 g/mol. The second kappa shape index (κ2) is 12.2. The molecule has 2 aliphatic heterocycles. The molecule has 0 saturated carbocycles. The van der Waals surface area contributed by atoms with E-state index in [1.165, 1.54) is 17.8 Å². The number of hydrogen-bond acceptors (Lipinski definition) is 6. The highest BCUT2D eigenvalue weighted by Gasteiger charge is 2.23. The van der Waals surface area contributed by atoms with Crippen molar-refractivity contribution in [1.29, 1.82) is 0 Å². The average molecular weight is 573 g/mol. The van der Waals surface area contributed by atoms with Gasteiger partial charge in [0.25, 0.3) is 0 Å². The molecule has 2 aromatic rings. The number of nitrogens with zero attached hydrogens (tertiary/aromatic N) is 4. The number of rotatable bonds is 6. The van der Waals surface area contributed by atoms with Gasteiger partial charge in [-0.15, -0.1) is 35.3 Å². The van der Waals surface area contributed by atoms with Crippen LogP contribution in [0.4, 0.5) is 5.00 Å². The van der Waals surface area contributed by atoms with E-state index in [0.29, 0.717) is 12.0 Å². The lowest BCUT2D eigenvalue weighted by molar-refractivity contribution is 0.164. The average Bonchev–Trinajstić information content (AvgIpc) is 3.43. The molecule has 2 fully saturated rings. The van der Waals surface area contributed by atoms with Crippen molar-refractivity contribution in [2.75, 3.05) is 44.7 Å². The molecule has 4 heterocycles. The van der Waals surface area contributed by atoms with Gasteiger partial charge in [0.05, 0.1) is 17.2 Å². The molecule has 0 atom stereocenters. The highest BCUT2D eigenvalue weighted by atomic mass is 127. The highest BCUT2D eigenvalue weighted by molar-refractivity contribution is 14.0. The summed E-state index contributed by atoms with van der Waals surface area (Å²) in [6.45, 7) is 10.2. The Kier molecular flexibility index (Phi) is 9.66. The number of aryl methyl sites for hydroxylation is 2. The van der Waals surface area contributed by atoms with Crippen LogP contribution in [0.25, 0.3) is 0 Å². The number of guanidine groups is 1. The van der Waals surface area contributed by atoms with Crippen LogP contribution in [0, 0.1) is 19.8 Å². The molecule has 2 N–H and O–H groups in total. The highest BCUT2D eigenvalue weighted by Crippen LogP contribution is 2.25. The van der Waals surface area contributed by atoms with E-state index < -0.39 is 0 Å². The Bertz CT molecular complexity index is 819. The molecule has 0 aliphatic carbocycles. The molecule has 0 spiro atoms. The lowest BCUT2D eigenvalue weighted by Gasteiger charge is -2.34. The maximum Gasteiger partial charge on any atom is 0.208 e. The van der Waals surface area contributed by atoms with Crippen molar-refractivity contribution in [1.82, 2.24) is 20.5 Å². The van der Waals surface area contributed by atoms with Gasteiger partial charge in [0, 0.05) is 32.7 Å². The molecule has 0 radical (unpaired) electrons. The number of likely N-dealkylation sites (tertiary alicyclic amines) is 1. The summed E-state index contributed by atoms with van der Waals surface area (Å²) >= 11 is 1.83. The molecule has 178 valence electrons. The van der Waals surface area contributed by atoms with Gasteiger partial charge < -0.3 is 20.0 Å². The van der Waals surface area contributed by atoms with Gasteiger partial charge in [0.1, 0.15) is 5.76 Å². The van der Waals surface area contributed by atoms with Gasteiger partial charge in [-0.2, -0.15) is 0 Å². The smallest absolute Gasteiger partial charge is 0.208 e. The summed E-state index contributed by atoms with van der Waals surface area (Å²) in [5.41, 5.74) is 1.00. The maximum atomic E-state index is 5.75. The van der Waals surface area contributed by atoms with E-state index in [0.717, 1.165) is 75.4 Å². The summed E-state index contributed by atoms with van der Waals surface area (Å²) in [4.78, 5) is 13.9. The molecule has 2 aromatic heterocycles. The largest absolute Gasteiger partial charge is 0.444 e. The van der Waals surface area contributed by atoms with Crippen LogP contribution in [0.1, 0.15) is 43.0 Å². The Balaban J connectivity index is 0.00000289. The molecule has 2 aliphatic rings. The summed E-state index contributed by atoms with van der Waals surface area (Å²) in [5.74, 6) is 3.41. The third-order valence-corrected chi connectivity index (χ3v) is 7.50. The lowest BCUT2D eigenvalue weighted by atomic mass is 9.97. The predicted octanol–water partition coefficient (Wildman–Crippen LogP) is 4.02. The molecule has 32 heavy (non-hydrogen) atoms. The van der Waals surface area contributed by atoms with E-state index in [-0.39, 0.29) is 24.0 Å². The van der Waals surface area contributed by atoms with Crippen LogP contribution in [-0.2, 0) is 6.54 Å². The zero-order valence-corrected chi connectivity index (χ0v) is 22.6. The fourth-order valence-electron chi connectivity index (χ4n) is 4.47. The number of oxazole rings is 1. The minimum atomic E-state index is 0. The number of piperidine rings is 2. The Hall–Kier alpha value is -1.33. The second-order valence-corrected chi connectivity index (χ2v) is 9.70. The third kappa shape index (κ3) is 6.84. The molecule has 0 aromatic carbocycles. The predicted molar refractivity (Wildman–Crippen MR) is 143 cm³/mol. The third-order valence-electron chi connectivity index (χ3n) is 6.57. The van der Waals surface area contributed by atoms with Gasteiger partial charge in [-0.1, -0.05) is 0 Å². The van der Waals surface area contributed by atoms with Crippen molar-refractivity contribution in [3.8, 4) is 0 Å². The number of nitrogens with one attached hydrogen (secondary N) is 2. The molecular weight excluding hydrogens is 535 g/mol. The van der Waals surface area contributed by atoms with Crippen LogP contribution >= 0.6 is 35.3 Å². The lowest BCUT2D eigenvalue weighted by Crippen LogP contribution is -2.49. The van der Waals surface area contributed by atoms with E-state index in [2.05, 4.69) is 47.9 Å². The Morgan fingerprint density at radius 2 is 1.94 bits per heavy atom. The summed E-state index contributed by atoms with van der Waals surface area (Å²) in [5, 5.41) is 10.8. The van der Waals surface area contributed by atoms with Gasteiger partial charge in [0.15, 0.2) is 5.96 Å². The standard InChI is InChI=1S/C23H36N6OS.HI/c1-17-18(2)30-21(26-17)16-28-10-6-19(7-11-28)15-25-23(24-3)27-20-8-12-29(13-9-20)22-5-4-14-31-22;/h4-5,14,19-20H,6-13,15-16H2,1-3H3,(H2,24,25,27);1H. The van der Waals surface area contributed by atoms with Gasteiger partial charge in [0.2, 0.25) is 5.89 Å². The van der Waals surface area contributed by atoms with Crippen molar-refractivity contribution in [2.45, 2.75) is 52.1 Å². The van der Waals surface area contributed by atoms with E-state index in [9.17, 15) is 0 Å². The van der Waals surface area contributed by atoms with Crippen molar-refractivity contribution in [3.63, 3.8) is 0 Å². The zero-order chi connectivity index (χ0) is 21.6. The van der Waals surface area contributed by atoms with Crippen molar-refractivity contribution in [2.24, 2.45) is 10.9 Å². The van der Waals surface area contributed by atoms with E-state index in [1.54, 1.807) is 0 Å². The quantitative estimate of drug-likeness (QED) is 0.310. The minimum Gasteiger partial charge on any atom is -0.444 e. The summed E-state index contributed by atoms with van der Waals surface area (Å²) in [6.07, 6.45) is 4.69. The maximum absolute atomic E-state index is 5.75. The van der Waals surface area contributed by atoms with Crippen LogP contribution in [0.2, 0.25) is 0 Å². The summed E-state index contributed by atoms with van der Waals surface area (Å²) < 4.78 is 5.75. The first-order chi connectivity index (χ1) is 15.1. The molecule has 0 unspecified atom stereocenters. The molecule has 7 nitrogen and oxygen atoms in total. The Labute approximate surface area is 213 Å². The molecule has 9 heteroatoms. The van der Waals surface area contributed by atoms with Gasteiger partial charge in [-0.25, -0.2) is 4.98 Å². The fraction of sp³-hybridized carbons (Fsp3) is 0.652. The van der Waals surface area contributed by atoms with Crippen molar-refractivity contribution in [3.05, 3.63) is 34.9 Å². The molecule has 0 bridgehead atoms. The number of anilines is 1. The molecule has 2 saturated heterocycles. The number of halogens is 1. The Morgan fingerprint density at radius 3 is 2.53 bits per heavy atom. The number of aliphatic imine (C=N–C) groups is 1. The number of thiophene rings is 1. The van der Waals surface area contributed by atoms with Crippen molar-refractivity contribution < 1.29 is 4.42 Å². The normalized spacial score (nSPS) is 19.1. The van der Waals surface area contributed by atoms with Crippen LogP contribution in [0.5, 0.6) is 0 Å². The van der Waals surface area contributed by atoms with Gasteiger partial charge in [-0.05, 0) is 76.1 Å². The number of aromatic nitrogens is 1. The molecule has 0 amide bonds. The first kappa shape index (κ1) is 25.3. The van der Waals surface area contributed by atoms with E-state index in [4.69, 9.17) is 4.42 Å². The van der Waals surface area contributed by atoms with Crippen LogP contribution in [-0.4, -0.2) is 61.7 Å². The topological polar surface area (TPSA) is 68.9 Å². The summed E-state index contributed by atoms with van der Waals surface area (Å²) in [6, 6.07) is 4.85. The SMILES string of the molecule is CN=C(NCC1CCN(Cc2nc(C)c(C)o2)CC1)NC1CCN(c2cccs2)CC1.I. The van der Waals surface area contributed by atoms with Crippen LogP contribution in [0.3, 0.4) is 0 Å². The molecular formula is C23H37IN6OS. The first-order valence-electron chi connectivity index (χ1n) is 11.5. The van der Waals surface area contributed by atoms with Crippen molar-refractivity contribution >= 4 is 46.3 Å².